The fourth-order valence-corrected chi connectivity index (χ4v) is 2.94. The first-order valence-corrected chi connectivity index (χ1v) is 8.45. The number of piperidine rings is 1. The van der Waals surface area contributed by atoms with Crippen molar-refractivity contribution in [3.63, 3.8) is 0 Å². The van der Waals surface area contributed by atoms with E-state index < -0.39 is 11.6 Å². The first-order valence-electron chi connectivity index (χ1n) is 8.45. The number of likely N-dealkylation sites (tertiary alicyclic amines) is 1. The third-order valence-corrected chi connectivity index (χ3v) is 4.75. The molecule has 0 spiro atoms. The highest BCUT2D eigenvalue weighted by Gasteiger charge is 2.35. The number of hydrogen-bond acceptors (Lipinski definition) is 3. The summed E-state index contributed by atoms with van der Waals surface area (Å²) in [4.78, 5) is 27.6. The van der Waals surface area contributed by atoms with Crippen molar-refractivity contribution < 1.29 is 14.7 Å². The molecule has 2 N–H and O–H groups in total. The first kappa shape index (κ1) is 18.3. The number of nitrogens with one attached hydrogen (secondary N) is 1. The summed E-state index contributed by atoms with van der Waals surface area (Å²) in [5.74, 6) is -0.108. The lowest BCUT2D eigenvalue weighted by molar-refractivity contribution is -0.131. The van der Waals surface area contributed by atoms with Crippen LogP contribution in [-0.2, 0) is 10.4 Å². The van der Waals surface area contributed by atoms with Crippen molar-refractivity contribution >= 4 is 11.9 Å². The molecule has 1 aliphatic heterocycles. The molecule has 132 valence electrons. The molecule has 1 heterocycles. The normalized spacial score (nSPS) is 17.9. The van der Waals surface area contributed by atoms with E-state index in [1.54, 1.807) is 23.8 Å². The van der Waals surface area contributed by atoms with E-state index in [1.165, 1.54) is 0 Å². The van der Waals surface area contributed by atoms with Crippen molar-refractivity contribution in [1.29, 1.82) is 0 Å². The Balaban J connectivity index is 1.90. The highest BCUT2D eigenvalue weighted by molar-refractivity contribution is 5.86. The Morgan fingerprint density at radius 1 is 1.29 bits per heavy atom. The molecule has 3 amide bonds. The van der Waals surface area contributed by atoms with E-state index in [1.807, 2.05) is 37.3 Å². The highest BCUT2D eigenvalue weighted by atomic mass is 16.3. The van der Waals surface area contributed by atoms with Gasteiger partial charge in [-0.15, -0.1) is 0 Å². The Labute approximate surface area is 143 Å². The fraction of sp³-hybridized carbons (Fsp3) is 0.556. The van der Waals surface area contributed by atoms with Gasteiger partial charge in [-0.25, -0.2) is 4.79 Å². The Hall–Kier alpha value is -2.08. The summed E-state index contributed by atoms with van der Waals surface area (Å²) in [5, 5.41) is 13.5. The number of urea groups is 1. The Kier molecular flexibility index (Phi) is 5.83. The van der Waals surface area contributed by atoms with Gasteiger partial charge in [-0.3, -0.25) is 4.79 Å². The summed E-state index contributed by atoms with van der Waals surface area (Å²) in [6.45, 7) is 5.11. The number of aliphatic hydroxyl groups is 1. The summed E-state index contributed by atoms with van der Waals surface area (Å²) < 4.78 is 0. The Morgan fingerprint density at radius 2 is 1.88 bits per heavy atom. The van der Waals surface area contributed by atoms with E-state index in [4.69, 9.17) is 0 Å². The minimum Gasteiger partial charge on any atom is -0.385 e. The van der Waals surface area contributed by atoms with Crippen LogP contribution >= 0.6 is 0 Å². The molecule has 0 aromatic heterocycles. The summed E-state index contributed by atoms with van der Waals surface area (Å²) in [6, 6.07) is 8.75. The quantitative estimate of drug-likeness (QED) is 0.878. The van der Waals surface area contributed by atoms with E-state index in [2.05, 4.69) is 5.32 Å². The van der Waals surface area contributed by atoms with Crippen LogP contribution in [0.2, 0.25) is 0 Å². The second kappa shape index (κ2) is 7.66. The van der Waals surface area contributed by atoms with Gasteiger partial charge in [0, 0.05) is 26.7 Å². The number of rotatable bonds is 4. The number of nitrogens with zero attached hydrogens (tertiary/aromatic N) is 2. The molecule has 6 heteroatoms. The minimum atomic E-state index is -0.887. The molecule has 6 nitrogen and oxygen atoms in total. The average molecular weight is 333 g/mol. The number of likely N-dealkylation sites (N-methyl/N-ethyl adjacent to an activating group) is 1. The summed E-state index contributed by atoms with van der Waals surface area (Å²) in [5.41, 5.74) is 0.000199. The molecule has 1 aromatic rings. The monoisotopic (exact) mass is 333 g/mol. The molecule has 0 aliphatic carbocycles. The van der Waals surface area contributed by atoms with Crippen molar-refractivity contribution in [3.05, 3.63) is 35.9 Å². The van der Waals surface area contributed by atoms with Gasteiger partial charge in [0.1, 0.15) is 6.04 Å². The minimum absolute atomic E-state index is 0.108. The number of amides is 3. The van der Waals surface area contributed by atoms with E-state index in [9.17, 15) is 14.7 Å². The maximum atomic E-state index is 12.3. The van der Waals surface area contributed by atoms with Crippen molar-refractivity contribution in [1.82, 2.24) is 15.1 Å². The molecule has 2 rings (SSSR count). The topological polar surface area (TPSA) is 72.9 Å². The van der Waals surface area contributed by atoms with Gasteiger partial charge in [0.25, 0.3) is 0 Å². The number of hydrogen-bond donors (Lipinski definition) is 2. The second-order valence-corrected chi connectivity index (χ2v) is 6.41. The lowest BCUT2D eigenvalue weighted by Gasteiger charge is -2.38. The lowest BCUT2D eigenvalue weighted by atomic mass is 9.84. The van der Waals surface area contributed by atoms with Crippen molar-refractivity contribution in [2.45, 2.75) is 38.3 Å². The van der Waals surface area contributed by atoms with Gasteiger partial charge in [-0.2, -0.15) is 0 Å². The van der Waals surface area contributed by atoms with E-state index in [0.717, 1.165) is 5.56 Å². The van der Waals surface area contributed by atoms with Gasteiger partial charge in [-0.05, 0) is 32.3 Å². The SMILES string of the molecule is CCN(C)C(=O)[C@@H](C)NC(=O)N1CCC(O)(c2ccccc2)CC1. The number of carbonyl (C=O) groups is 2. The number of carbonyl (C=O) groups excluding carboxylic acids is 2. The summed E-state index contributed by atoms with van der Waals surface area (Å²) in [7, 11) is 1.71. The molecule has 1 fully saturated rings. The molecule has 1 aromatic carbocycles. The van der Waals surface area contributed by atoms with Gasteiger partial charge in [0.05, 0.1) is 5.60 Å². The molecule has 24 heavy (non-hydrogen) atoms. The predicted octanol–water partition coefficient (Wildman–Crippen LogP) is 1.55. The first-order chi connectivity index (χ1) is 11.4. The van der Waals surface area contributed by atoms with Crippen LogP contribution in [0.1, 0.15) is 32.3 Å². The molecule has 0 unspecified atom stereocenters. The average Bonchev–Trinajstić information content (AvgIpc) is 2.61. The van der Waals surface area contributed by atoms with Crippen LogP contribution in [-0.4, -0.2) is 59.6 Å². The van der Waals surface area contributed by atoms with Crippen molar-refractivity contribution in [2.24, 2.45) is 0 Å². The van der Waals surface area contributed by atoms with Gasteiger partial charge in [0.2, 0.25) is 5.91 Å². The molecule has 0 radical (unpaired) electrons. The van der Waals surface area contributed by atoms with Crippen LogP contribution in [0.3, 0.4) is 0 Å². The molecule has 1 aliphatic rings. The molecule has 1 atom stereocenters. The predicted molar refractivity (Wildman–Crippen MR) is 92.5 cm³/mol. The summed E-state index contributed by atoms with van der Waals surface area (Å²) in [6.07, 6.45) is 0.975. The van der Waals surface area contributed by atoms with Crippen molar-refractivity contribution in [2.75, 3.05) is 26.7 Å². The lowest BCUT2D eigenvalue weighted by Crippen LogP contribution is -2.53. The smallest absolute Gasteiger partial charge is 0.318 e. The maximum absolute atomic E-state index is 12.3. The Morgan fingerprint density at radius 3 is 2.42 bits per heavy atom. The van der Waals surface area contributed by atoms with E-state index in [0.29, 0.717) is 32.5 Å². The van der Waals surface area contributed by atoms with Crippen LogP contribution in [0.25, 0.3) is 0 Å². The largest absolute Gasteiger partial charge is 0.385 e. The van der Waals surface area contributed by atoms with Gasteiger partial charge >= 0.3 is 6.03 Å². The molecular formula is C18H27N3O3. The second-order valence-electron chi connectivity index (χ2n) is 6.41. The fourth-order valence-electron chi connectivity index (χ4n) is 2.94. The summed E-state index contributed by atoms with van der Waals surface area (Å²) >= 11 is 0. The van der Waals surface area contributed by atoms with Gasteiger partial charge in [-0.1, -0.05) is 30.3 Å². The molecule has 0 saturated carbocycles. The molecule has 1 saturated heterocycles. The van der Waals surface area contributed by atoms with Crippen LogP contribution < -0.4 is 5.32 Å². The van der Waals surface area contributed by atoms with E-state index >= 15 is 0 Å². The van der Waals surface area contributed by atoms with Crippen LogP contribution in [0.5, 0.6) is 0 Å². The Bertz CT molecular complexity index is 568. The third kappa shape index (κ3) is 4.06. The van der Waals surface area contributed by atoms with Crippen LogP contribution in [0.4, 0.5) is 4.79 Å². The number of benzene rings is 1. The molecule has 0 bridgehead atoms. The standard InChI is InChI=1S/C18H27N3O3/c1-4-20(3)16(22)14(2)19-17(23)21-12-10-18(24,11-13-21)15-8-6-5-7-9-15/h5-9,14,24H,4,10-13H2,1-3H3,(H,19,23)/t14-/m1/s1. The van der Waals surface area contributed by atoms with Crippen LogP contribution in [0, 0.1) is 0 Å². The van der Waals surface area contributed by atoms with Gasteiger partial charge < -0.3 is 20.2 Å². The van der Waals surface area contributed by atoms with Gasteiger partial charge in [0.15, 0.2) is 0 Å². The van der Waals surface area contributed by atoms with E-state index in [-0.39, 0.29) is 11.9 Å². The zero-order valence-electron chi connectivity index (χ0n) is 14.7. The van der Waals surface area contributed by atoms with Crippen molar-refractivity contribution in [3.8, 4) is 0 Å². The van der Waals surface area contributed by atoms with Crippen LogP contribution in [0.15, 0.2) is 30.3 Å². The maximum Gasteiger partial charge on any atom is 0.318 e. The zero-order chi connectivity index (χ0) is 17.7. The zero-order valence-corrected chi connectivity index (χ0v) is 14.7. The highest BCUT2D eigenvalue weighted by Crippen LogP contribution is 2.32. The third-order valence-electron chi connectivity index (χ3n) is 4.75. The molecular weight excluding hydrogens is 306 g/mol.